The first-order valence-electron chi connectivity index (χ1n) is 9.56. The Morgan fingerprint density at radius 3 is 2.67 bits per heavy atom. The number of carbonyl (C=O) groups excluding carboxylic acids is 1. The highest BCUT2D eigenvalue weighted by atomic mass is 32.1. The highest BCUT2D eigenvalue weighted by Crippen LogP contribution is 2.27. The lowest BCUT2D eigenvalue weighted by molar-refractivity contribution is -0.384. The van der Waals surface area contributed by atoms with Gasteiger partial charge in [-0.25, -0.2) is 4.98 Å². The Kier molecular flexibility index (Phi) is 6.79. The summed E-state index contributed by atoms with van der Waals surface area (Å²) in [5, 5.41) is 13.7. The molecular formula is C22H23N3O4S. The molecule has 0 saturated carbocycles. The lowest BCUT2D eigenvalue weighted by Gasteiger charge is -2.25. The van der Waals surface area contributed by atoms with Crippen LogP contribution in [-0.2, 0) is 11.2 Å². The minimum absolute atomic E-state index is 0.0136. The first kappa shape index (κ1) is 21.4. The number of nitro groups is 1. The minimum Gasteiger partial charge on any atom is -0.494 e. The number of thiazole rings is 1. The number of rotatable bonds is 8. The van der Waals surface area contributed by atoms with E-state index in [-0.39, 0.29) is 24.1 Å². The molecular weight excluding hydrogens is 402 g/mol. The van der Waals surface area contributed by atoms with Crippen molar-refractivity contribution in [3.63, 3.8) is 0 Å². The van der Waals surface area contributed by atoms with Gasteiger partial charge in [0.05, 0.1) is 29.7 Å². The van der Waals surface area contributed by atoms with Crippen molar-refractivity contribution in [3.8, 4) is 16.3 Å². The van der Waals surface area contributed by atoms with E-state index in [0.717, 1.165) is 16.3 Å². The Bertz CT molecular complexity index is 1030. The van der Waals surface area contributed by atoms with E-state index in [1.807, 2.05) is 43.5 Å². The molecule has 2 aromatic carbocycles. The minimum atomic E-state index is -0.435. The molecule has 0 fully saturated rings. The molecule has 8 heteroatoms. The van der Waals surface area contributed by atoms with Crippen LogP contribution in [-0.4, -0.2) is 34.4 Å². The lowest BCUT2D eigenvalue weighted by Crippen LogP contribution is -2.31. The summed E-state index contributed by atoms with van der Waals surface area (Å²) in [6.07, 6.45) is 0.170. The molecule has 1 amide bonds. The summed E-state index contributed by atoms with van der Waals surface area (Å²) in [6.45, 7) is 4.41. The van der Waals surface area contributed by atoms with Gasteiger partial charge in [-0.15, -0.1) is 11.3 Å². The van der Waals surface area contributed by atoms with Gasteiger partial charge in [-0.1, -0.05) is 12.1 Å². The van der Waals surface area contributed by atoms with E-state index in [1.165, 1.54) is 23.5 Å². The number of carbonyl (C=O) groups is 1. The number of non-ortho nitro benzene ring substituents is 1. The van der Waals surface area contributed by atoms with E-state index in [9.17, 15) is 14.9 Å². The standard InChI is InChI=1S/C22H23N3O4S/c1-4-29-20-10-8-16(9-11-20)22-23-18(14-30-22)13-21(26)24(3)15(2)17-6-5-7-19(12-17)25(27)28/h5-12,14-15H,4,13H2,1-3H3. The molecule has 3 rings (SSSR count). The third kappa shape index (κ3) is 5.01. The van der Waals surface area contributed by atoms with Crippen molar-refractivity contribution in [1.29, 1.82) is 0 Å². The molecule has 0 spiro atoms. The number of aromatic nitrogens is 1. The summed E-state index contributed by atoms with van der Waals surface area (Å²) >= 11 is 1.49. The van der Waals surface area contributed by atoms with Crippen molar-refractivity contribution in [2.75, 3.05) is 13.7 Å². The van der Waals surface area contributed by atoms with E-state index in [0.29, 0.717) is 17.9 Å². The highest BCUT2D eigenvalue weighted by Gasteiger charge is 2.20. The molecule has 3 aromatic rings. The Labute approximate surface area is 179 Å². The second kappa shape index (κ2) is 9.49. The molecule has 1 unspecified atom stereocenters. The largest absolute Gasteiger partial charge is 0.494 e. The molecule has 0 N–H and O–H groups in total. The first-order chi connectivity index (χ1) is 14.4. The van der Waals surface area contributed by atoms with Crippen molar-refractivity contribution >= 4 is 22.9 Å². The summed E-state index contributed by atoms with van der Waals surface area (Å²) in [5.41, 5.74) is 2.40. The van der Waals surface area contributed by atoms with E-state index in [1.54, 1.807) is 24.1 Å². The molecule has 0 saturated heterocycles. The molecule has 1 aromatic heterocycles. The fourth-order valence-corrected chi connectivity index (χ4v) is 3.82. The molecule has 0 bridgehead atoms. The SMILES string of the molecule is CCOc1ccc(-c2nc(CC(=O)N(C)C(C)c3cccc([N+](=O)[O-])c3)cs2)cc1. The number of hydrogen-bond donors (Lipinski definition) is 0. The van der Waals surface area contributed by atoms with Crippen molar-refractivity contribution < 1.29 is 14.5 Å². The third-order valence-electron chi connectivity index (χ3n) is 4.83. The maximum absolute atomic E-state index is 12.7. The van der Waals surface area contributed by atoms with Gasteiger partial charge in [0, 0.05) is 30.1 Å². The van der Waals surface area contributed by atoms with Gasteiger partial charge in [0.2, 0.25) is 5.91 Å². The summed E-state index contributed by atoms with van der Waals surface area (Å²) in [5.74, 6) is 0.711. The van der Waals surface area contributed by atoms with Crippen LogP contribution in [0.5, 0.6) is 5.75 Å². The van der Waals surface area contributed by atoms with Gasteiger partial charge in [-0.2, -0.15) is 0 Å². The maximum atomic E-state index is 12.7. The predicted octanol–water partition coefficient (Wildman–Crippen LogP) is 4.88. The zero-order valence-electron chi connectivity index (χ0n) is 17.1. The predicted molar refractivity (Wildman–Crippen MR) is 117 cm³/mol. The van der Waals surface area contributed by atoms with Crippen LogP contribution < -0.4 is 4.74 Å². The number of nitro benzene ring substituents is 1. The number of likely N-dealkylation sites (N-methyl/N-ethyl adjacent to an activating group) is 1. The van der Waals surface area contributed by atoms with Gasteiger partial charge >= 0.3 is 0 Å². The normalized spacial score (nSPS) is 11.7. The number of nitrogens with zero attached hydrogens (tertiary/aromatic N) is 3. The summed E-state index contributed by atoms with van der Waals surface area (Å²) in [7, 11) is 1.70. The lowest BCUT2D eigenvalue weighted by atomic mass is 10.1. The third-order valence-corrected chi connectivity index (χ3v) is 5.77. The van der Waals surface area contributed by atoms with Gasteiger partial charge in [-0.05, 0) is 43.7 Å². The van der Waals surface area contributed by atoms with Gasteiger partial charge in [0.1, 0.15) is 10.8 Å². The number of amides is 1. The van der Waals surface area contributed by atoms with Crippen LogP contribution in [0.1, 0.15) is 31.1 Å². The first-order valence-corrected chi connectivity index (χ1v) is 10.4. The Morgan fingerprint density at radius 2 is 2.00 bits per heavy atom. The molecule has 30 heavy (non-hydrogen) atoms. The van der Waals surface area contributed by atoms with Crippen LogP contribution in [0.25, 0.3) is 10.6 Å². The fraction of sp³-hybridized carbons (Fsp3) is 0.273. The Morgan fingerprint density at radius 1 is 1.27 bits per heavy atom. The summed E-state index contributed by atoms with van der Waals surface area (Å²) < 4.78 is 5.46. The van der Waals surface area contributed by atoms with E-state index in [4.69, 9.17) is 4.74 Å². The van der Waals surface area contributed by atoms with Crippen LogP contribution >= 0.6 is 11.3 Å². The number of ether oxygens (including phenoxy) is 1. The van der Waals surface area contributed by atoms with Crippen molar-refractivity contribution in [2.24, 2.45) is 0 Å². The van der Waals surface area contributed by atoms with Crippen LogP contribution in [0, 0.1) is 10.1 Å². The second-order valence-electron chi connectivity index (χ2n) is 6.81. The summed E-state index contributed by atoms with van der Waals surface area (Å²) in [6, 6.07) is 13.8. The van der Waals surface area contributed by atoms with Crippen LogP contribution in [0.4, 0.5) is 5.69 Å². The van der Waals surface area contributed by atoms with Gasteiger partial charge in [0.15, 0.2) is 0 Å². The quantitative estimate of drug-likeness (QED) is 0.379. The maximum Gasteiger partial charge on any atom is 0.269 e. The van der Waals surface area contributed by atoms with Crippen LogP contribution in [0.3, 0.4) is 0 Å². The number of benzene rings is 2. The molecule has 7 nitrogen and oxygen atoms in total. The van der Waals surface area contributed by atoms with E-state index in [2.05, 4.69) is 4.98 Å². The van der Waals surface area contributed by atoms with Crippen LogP contribution in [0.2, 0.25) is 0 Å². The second-order valence-corrected chi connectivity index (χ2v) is 7.67. The molecule has 0 aliphatic rings. The molecule has 0 radical (unpaired) electrons. The topological polar surface area (TPSA) is 85.6 Å². The summed E-state index contributed by atoms with van der Waals surface area (Å²) in [4.78, 5) is 29.5. The monoisotopic (exact) mass is 425 g/mol. The van der Waals surface area contributed by atoms with Crippen LogP contribution in [0.15, 0.2) is 53.9 Å². The highest BCUT2D eigenvalue weighted by molar-refractivity contribution is 7.13. The smallest absolute Gasteiger partial charge is 0.269 e. The van der Waals surface area contributed by atoms with Crippen molar-refractivity contribution in [2.45, 2.75) is 26.3 Å². The average Bonchev–Trinajstić information content (AvgIpc) is 3.22. The van der Waals surface area contributed by atoms with Gasteiger partial charge in [0.25, 0.3) is 5.69 Å². The molecule has 1 atom stereocenters. The molecule has 1 heterocycles. The van der Waals surface area contributed by atoms with E-state index < -0.39 is 4.92 Å². The zero-order valence-corrected chi connectivity index (χ0v) is 17.9. The molecule has 0 aliphatic heterocycles. The Balaban J connectivity index is 1.67. The van der Waals surface area contributed by atoms with E-state index >= 15 is 0 Å². The average molecular weight is 426 g/mol. The van der Waals surface area contributed by atoms with Crippen molar-refractivity contribution in [1.82, 2.24) is 9.88 Å². The van der Waals surface area contributed by atoms with Crippen molar-refractivity contribution in [3.05, 3.63) is 75.3 Å². The van der Waals surface area contributed by atoms with Gasteiger partial charge < -0.3 is 9.64 Å². The fourth-order valence-electron chi connectivity index (χ4n) is 3.00. The molecule has 156 valence electrons. The zero-order chi connectivity index (χ0) is 21.7. The number of hydrogen-bond acceptors (Lipinski definition) is 6. The molecule has 0 aliphatic carbocycles. The van der Waals surface area contributed by atoms with Gasteiger partial charge in [-0.3, -0.25) is 14.9 Å². The Hall–Kier alpha value is -3.26.